The Balaban J connectivity index is 2.40. The number of benzene rings is 1. The number of carbonyl (C=O) groups is 1. The average Bonchev–Trinajstić information content (AvgIpc) is 2.32. The fourth-order valence-corrected chi connectivity index (χ4v) is 1.95. The van der Waals surface area contributed by atoms with E-state index in [1.807, 2.05) is 32.0 Å². The van der Waals surface area contributed by atoms with Crippen LogP contribution < -0.4 is 0 Å². The summed E-state index contributed by atoms with van der Waals surface area (Å²) in [6.45, 7) is 4.04. The van der Waals surface area contributed by atoms with Crippen LogP contribution in [0.2, 0.25) is 0 Å². The molecule has 0 aliphatic heterocycles. The van der Waals surface area contributed by atoms with Gasteiger partial charge in [-0.05, 0) is 53.0 Å². The molecule has 1 heterocycles. The first-order valence-corrected chi connectivity index (χ1v) is 6.10. The molecule has 2 nitrogen and oxygen atoms in total. The number of nitrogens with zero attached hydrogens (tertiary/aromatic N) is 1. The third kappa shape index (κ3) is 2.61. The van der Waals surface area contributed by atoms with Crippen LogP contribution >= 0.6 is 15.9 Å². The smallest absolute Gasteiger partial charge is 0.194 e. The highest BCUT2D eigenvalue weighted by molar-refractivity contribution is 9.10. The van der Waals surface area contributed by atoms with E-state index in [-0.39, 0.29) is 5.78 Å². The summed E-state index contributed by atoms with van der Waals surface area (Å²) in [5, 5.41) is 0. The molecule has 0 N–H and O–H groups in total. The molecule has 0 aliphatic rings. The Morgan fingerprint density at radius 1 is 1.06 bits per heavy atom. The zero-order chi connectivity index (χ0) is 12.4. The van der Waals surface area contributed by atoms with E-state index in [0.29, 0.717) is 11.1 Å². The first-order valence-electron chi connectivity index (χ1n) is 5.30. The van der Waals surface area contributed by atoms with E-state index in [4.69, 9.17) is 0 Å². The number of halogens is 1. The van der Waals surface area contributed by atoms with Gasteiger partial charge in [-0.25, -0.2) is 0 Å². The van der Waals surface area contributed by atoms with Crippen molar-refractivity contribution in [3.63, 3.8) is 0 Å². The summed E-state index contributed by atoms with van der Waals surface area (Å²) < 4.78 is 0.812. The molecular weight excluding hydrogens is 278 g/mol. The normalized spacial score (nSPS) is 10.3. The van der Waals surface area contributed by atoms with Crippen molar-refractivity contribution in [3.05, 3.63) is 63.4 Å². The van der Waals surface area contributed by atoms with Crippen molar-refractivity contribution in [2.75, 3.05) is 0 Å². The summed E-state index contributed by atoms with van der Waals surface area (Å²) in [6, 6.07) is 7.52. The number of aromatic nitrogens is 1. The van der Waals surface area contributed by atoms with Crippen LogP contribution in [0.4, 0.5) is 0 Å². The highest BCUT2D eigenvalue weighted by Gasteiger charge is 2.10. The number of ketones is 1. The first kappa shape index (κ1) is 12.0. The molecule has 17 heavy (non-hydrogen) atoms. The molecule has 1 aromatic heterocycles. The van der Waals surface area contributed by atoms with E-state index >= 15 is 0 Å². The Morgan fingerprint density at radius 2 is 1.82 bits per heavy atom. The fraction of sp³-hybridized carbons (Fsp3) is 0.143. The molecule has 1 aromatic carbocycles. The van der Waals surface area contributed by atoms with Gasteiger partial charge in [0.15, 0.2) is 5.78 Å². The standard InChI is InChI=1S/C14H12BrNO/c1-9-3-4-11(5-10(9)2)14(17)12-6-13(15)8-16-7-12/h3-8H,1-2H3. The van der Waals surface area contributed by atoms with Crippen LogP contribution in [0, 0.1) is 13.8 Å². The van der Waals surface area contributed by atoms with Crippen molar-refractivity contribution >= 4 is 21.7 Å². The van der Waals surface area contributed by atoms with Crippen LogP contribution in [0.15, 0.2) is 41.1 Å². The molecule has 3 heteroatoms. The Hall–Kier alpha value is -1.48. The molecule has 0 fully saturated rings. The van der Waals surface area contributed by atoms with Gasteiger partial charge in [-0.1, -0.05) is 12.1 Å². The van der Waals surface area contributed by atoms with Crippen LogP contribution in [-0.4, -0.2) is 10.8 Å². The SMILES string of the molecule is Cc1ccc(C(=O)c2cncc(Br)c2)cc1C. The second kappa shape index (κ2) is 4.80. The lowest BCUT2D eigenvalue weighted by Gasteiger charge is -2.04. The number of aryl methyl sites for hydroxylation is 2. The summed E-state index contributed by atoms with van der Waals surface area (Å²) >= 11 is 3.31. The monoisotopic (exact) mass is 289 g/mol. The molecule has 0 saturated heterocycles. The summed E-state index contributed by atoms with van der Waals surface area (Å²) in [5.74, 6) is 0.00176. The predicted octanol–water partition coefficient (Wildman–Crippen LogP) is 3.69. The van der Waals surface area contributed by atoms with Crippen molar-refractivity contribution in [3.8, 4) is 0 Å². The molecule has 0 bridgehead atoms. The highest BCUT2D eigenvalue weighted by Crippen LogP contribution is 2.16. The lowest BCUT2D eigenvalue weighted by molar-refractivity contribution is 0.103. The average molecular weight is 290 g/mol. The molecule has 2 rings (SSSR count). The topological polar surface area (TPSA) is 30.0 Å². The van der Waals surface area contributed by atoms with Crippen molar-refractivity contribution in [2.24, 2.45) is 0 Å². The Morgan fingerprint density at radius 3 is 2.47 bits per heavy atom. The quantitative estimate of drug-likeness (QED) is 0.789. The van der Waals surface area contributed by atoms with Crippen molar-refractivity contribution in [2.45, 2.75) is 13.8 Å². The second-order valence-electron chi connectivity index (χ2n) is 4.02. The third-order valence-corrected chi connectivity index (χ3v) is 3.17. The lowest BCUT2D eigenvalue weighted by atomic mass is 10.0. The van der Waals surface area contributed by atoms with Gasteiger partial charge in [0.1, 0.15) is 0 Å². The second-order valence-corrected chi connectivity index (χ2v) is 4.94. The minimum Gasteiger partial charge on any atom is -0.289 e. The summed E-state index contributed by atoms with van der Waals surface area (Å²) in [6.07, 6.45) is 3.25. The molecule has 0 saturated carbocycles. The predicted molar refractivity (Wildman–Crippen MR) is 71.3 cm³/mol. The van der Waals surface area contributed by atoms with E-state index in [0.717, 1.165) is 10.0 Å². The van der Waals surface area contributed by atoms with Crippen molar-refractivity contribution in [1.29, 1.82) is 0 Å². The first-order chi connectivity index (χ1) is 8.08. The van der Waals surface area contributed by atoms with Gasteiger partial charge < -0.3 is 0 Å². The van der Waals surface area contributed by atoms with Gasteiger partial charge in [-0.3, -0.25) is 9.78 Å². The minimum absolute atomic E-state index is 0.00176. The zero-order valence-electron chi connectivity index (χ0n) is 9.70. The van der Waals surface area contributed by atoms with E-state index in [9.17, 15) is 4.79 Å². The Kier molecular flexibility index (Phi) is 3.38. The van der Waals surface area contributed by atoms with Gasteiger partial charge >= 0.3 is 0 Å². The van der Waals surface area contributed by atoms with Gasteiger partial charge in [0.25, 0.3) is 0 Å². The summed E-state index contributed by atoms with van der Waals surface area (Å²) in [4.78, 5) is 16.2. The van der Waals surface area contributed by atoms with Crippen LogP contribution in [0.5, 0.6) is 0 Å². The van der Waals surface area contributed by atoms with Crippen LogP contribution in [0.3, 0.4) is 0 Å². The van der Waals surface area contributed by atoms with Crippen molar-refractivity contribution < 1.29 is 4.79 Å². The van der Waals surface area contributed by atoms with Gasteiger partial charge in [0, 0.05) is 28.0 Å². The fourth-order valence-electron chi connectivity index (χ4n) is 1.59. The molecule has 0 radical (unpaired) electrons. The maximum atomic E-state index is 12.2. The molecule has 0 spiro atoms. The van der Waals surface area contributed by atoms with E-state index in [1.54, 1.807) is 18.5 Å². The van der Waals surface area contributed by atoms with E-state index in [1.165, 1.54) is 5.56 Å². The van der Waals surface area contributed by atoms with Crippen LogP contribution in [-0.2, 0) is 0 Å². The molecule has 0 amide bonds. The molecule has 86 valence electrons. The van der Waals surface area contributed by atoms with Crippen LogP contribution in [0.1, 0.15) is 27.0 Å². The minimum atomic E-state index is 0.00176. The van der Waals surface area contributed by atoms with Gasteiger partial charge in [0.05, 0.1) is 0 Å². The van der Waals surface area contributed by atoms with Gasteiger partial charge in [-0.15, -0.1) is 0 Å². The number of rotatable bonds is 2. The molecule has 0 aliphatic carbocycles. The Bertz CT molecular complexity index is 578. The Labute approximate surface area is 109 Å². The number of hydrogen-bond acceptors (Lipinski definition) is 2. The van der Waals surface area contributed by atoms with E-state index < -0.39 is 0 Å². The largest absolute Gasteiger partial charge is 0.289 e. The number of carbonyl (C=O) groups excluding carboxylic acids is 1. The summed E-state index contributed by atoms with van der Waals surface area (Å²) in [5.41, 5.74) is 3.61. The number of pyridine rings is 1. The molecule has 2 aromatic rings. The van der Waals surface area contributed by atoms with Crippen molar-refractivity contribution in [1.82, 2.24) is 4.98 Å². The maximum absolute atomic E-state index is 12.2. The van der Waals surface area contributed by atoms with Gasteiger partial charge in [-0.2, -0.15) is 0 Å². The van der Waals surface area contributed by atoms with Crippen LogP contribution in [0.25, 0.3) is 0 Å². The molecular formula is C14H12BrNO. The molecule has 0 unspecified atom stereocenters. The highest BCUT2D eigenvalue weighted by atomic mass is 79.9. The maximum Gasteiger partial charge on any atom is 0.194 e. The molecule has 0 atom stereocenters. The third-order valence-electron chi connectivity index (χ3n) is 2.74. The summed E-state index contributed by atoms with van der Waals surface area (Å²) in [7, 11) is 0. The van der Waals surface area contributed by atoms with E-state index in [2.05, 4.69) is 20.9 Å². The zero-order valence-corrected chi connectivity index (χ0v) is 11.3. The lowest BCUT2D eigenvalue weighted by Crippen LogP contribution is -2.02. The van der Waals surface area contributed by atoms with Gasteiger partial charge in [0.2, 0.25) is 0 Å². The number of hydrogen-bond donors (Lipinski definition) is 0.